The lowest BCUT2D eigenvalue weighted by atomic mass is 9.85. The normalized spacial score (nSPS) is 25.5. The predicted octanol–water partition coefficient (Wildman–Crippen LogP) is 2.19. The Bertz CT molecular complexity index is 389. The van der Waals surface area contributed by atoms with Gasteiger partial charge in [-0.25, -0.2) is 4.79 Å². The van der Waals surface area contributed by atoms with Crippen LogP contribution >= 0.6 is 0 Å². The smallest absolute Gasteiger partial charge is 0.317 e. The van der Waals surface area contributed by atoms with E-state index < -0.39 is 5.97 Å². The zero-order valence-corrected chi connectivity index (χ0v) is 14.2. The highest BCUT2D eigenvalue weighted by molar-refractivity contribution is 5.74. The Kier molecular flexibility index (Phi) is 7.15. The number of urea groups is 1. The number of carboxylic acid groups (broad SMARTS) is 1. The first-order chi connectivity index (χ1) is 11.1. The molecule has 132 valence electrons. The summed E-state index contributed by atoms with van der Waals surface area (Å²) in [6.07, 6.45) is 9.38. The molecule has 0 saturated heterocycles. The van der Waals surface area contributed by atoms with Gasteiger partial charge in [-0.3, -0.25) is 9.69 Å². The molecule has 0 bridgehead atoms. The second kappa shape index (κ2) is 9.11. The van der Waals surface area contributed by atoms with E-state index in [1.165, 1.54) is 38.5 Å². The molecule has 0 unspecified atom stereocenters. The number of likely N-dealkylation sites (N-methyl/N-ethyl adjacent to an activating group) is 1. The van der Waals surface area contributed by atoms with Crippen LogP contribution in [0.25, 0.3) is 0 Å². The van der Waals surface area contributed by atoms with Gasteiger partial charge in [0, 0.05) is 18.6 Å². The molecule has 0 aromatic rings. The molecule has 3 N–H and O–H groups in total. The number of amides is 2. The van der Waals surface area contributed by atoms with Crippen LogP contribution in [0, 0.1) is 5.92 Å². The highest BCUT2D eigenvalue weighted by Crippen LogP contribution is 2.25. The lowest BCUT2D eigenvalue weighted by molar-refractivity contribution is -0.139. The third kappa shape index (κ3) is 6.01. The molecule has 0 aliphatic heterocycles. The maximum absolute atomic E-state index is 12.0. The van der Waals surface area contributed by atoms with Gasteiger partial charge in [0.1, 0.15) is 0 Å². The Morgan fingerprint density at radius 1 is 1.13 bits per heavy atom. The molecule has 0 aromatic carbocycles. The van der Waals surface area contributed by atoms with Crippen molar-refractivity contribution < 1.29 is 14.7 Å². The summed E-state index contributed by atoms with van der Waals surface area (Å²) in [5.41, 5.74) is 0. The molecule has 0 aromatic heterocycles. The molecule has 2 aliphatic carbocycles. The van der Waals surface area contributed by atoms with E-state index in [-0.39, 0.29) is 24.7 Å². The number of carbonyl (C=O) groups is 2. The Labute approximate surface area is 139 Å². The van der Waals surface area contributed by atoms with Gasteiger partial charge in [0.25, 0.3) is 0 Å². The summed E-state index contributed by atoms with van der Waals surface area (Å²) in [5.74, 6) is -0.159. The summed E-state index contributed by atoms with van der Waals surface area (Å²) in [5, 5.41) is 14.9. The lowest BCUT2D eigenvalue weighted by Gasteiger charge is -2.42. The molecule has 6 nitrogen and oxygen atoms in total. The van der Waals surface area contributed by atoms with Crippen LogP contribution in [0.15, 0.2) is 0 Å². The summed E-state index contributed by atoms with van der Waals surface area (Å²) in [6, 6.07) is 0.388. The van der Waals surface area contributed by atoms with Gasteiger partial charge in [0.05, 0.1) is 6.54 Å². The third-order valence-electron chi connectivity index (χ3n) is 5.24. The van der Waals surface area contributed by atoms with Crippen molar-refractivity contribution in [2.75, 3.05) is 19.6 Å². The third-order valence-corrected chi connectivity index (χ3v) is 5.24. The van der Waals surface area contributed by atoms with Crippen LogP contribution in [0.2, 0.25) is 0 Å². The first-order valence-electron chi connectivity index (χ1n) is 9.08. The molecule has 23 heavy (non-hydrogen) atoms. The number of nitrogens with zero attached hydrogens (tertiary/aromatic N) is 1. The van der Waals surface area contributed by atoms with Crippen molar-refractivity contribution in [1.29, 1.82) is 0 Å². The Morgan fingerprint density at radius 2 is 1.78 bits per heavy atom. The van der Waals surface area contributed by atoms with Crippen molar-refractivity contribution in [2.24, 2.45) is 5.92 Å². The van der Waals surface area contributed by atoms with E-state index in [0.29, 0.717) is 5.92 Å². The van der Waals surface area contributed by atoms with Crippen molar-refractivity contribution in [3.8, 4) is 0 Å². The average Bonchev–Trinajstić information content (AvgIpc) is 2.75. The molecule has 0 atom stereocenters. The van der Waals surface area contributed by atoms with E-state index in [1.807, 2.05) is 11.8 Å². The zero-order valence-electron chi connectivity index (χ0n) is 14.2. The summed E-state index contributed by atoms with van der Waals surface area (Å²) in [6.45, 7) is 3.57. The summed E-state index contributed by atoms with van der Waals surface area (Å²) < 4.78 is 0. The maximum Gasteiger partial charge on any atom is 0.317 e. The molecule has 0 heterocycles. The fourth-order valence-corrected chi connectivity index (χ4v) is 3.72. The second-order valence-electron chi connectivity index (χ2n) is 6.99. The van der Waals surface area contributed by atoms with Gasteiger partial charge in [-0.15, -0.1) is 0 Å². The fraction of sp³-hybridized carbons (Fsp3) is 0.882. The van der Waals surface area contributed by atoms with E-state index in [0.717, 1.165) is 25.9 Å². The van der Waals surface area contributed by atoms with Crippen molar-refractivity contribution in [1.82, 2.24) is 15.5 Å². The molecule has 0 spiro atoms. The molecule has 2 aliphatic rings. The molecular weight excluding hydrogens is 294 g/mol. The van der Waals surface area contributed by atoms with Crippen LogP contribution in [-0.4, -0.2) is 53.7 Å². The van der Waals surface area contributed by atoms with Crippen LogP contribution < -0.4 is 10.6 Å². The number of aliphatic carboxylic acids is 1. The summed E-state index contributed by atoms with van der Waals surface area (Å²) in [4.78, 5) is 24.7. The minimum Gasteiger partial charge on any atom is -0.480 e. The summed E-state index contributed by atoms with van der Waals surface area (Å²) in [7, 11) is 0. The SMILES string of the molecule is CCN(CC(=O)O)C1CC(NC(=O)NCC2CCCCCC2)C1. The van der Waals surface area contributed by atoms with E-state index in [9.17, 15) is 9.59 Å². The van der Waals surface area contributed by atoms with Crippen molar-refractivity contribution in [3.05, 3.63) is 0 Å². The number of hydrogen-bond donors (Lipinski definition) is 3. The van der Waals surface area contributed by atoms with Crippen LogP contribution in [0.1, 0.15) is 58.3 Å². The number of nitrogens with one attached hydrogen (secondary N) is 2. The van der Waals surface area contributed by atoms with Crippen LogP contribution in [0.5, 0.6) is 0 Å². The molecule has 0 radical (unpaired) electrons. The van der Waals surface area contributed by atoms with Crippen molar-refractivity contribution in [2.45, 2.75) is 70.4 Å². The Hall–Kier alpha value is -1.30. The number of carboxylic acids is 1. The number of carbonyl (C=O) groups excluding carboxylic acids is 1. The van der Waals surface area contributed by atoms with Crippen LogP contribution in [-0.2, 0) is 4.79 Å². The Morgan fingerprint density at radius 3 is 2.35 bits per heavy atom. The second-order valence-corrected chi connectivity index (χ2v) is 6.99. The van der Waals surface area contributed by atoms with Gasteiger partial charge in [0.15, 0.2) is 0 Å². The highest BCUT2D eigenvalue weighted by atomic mass is 16.4. The lowest BCUT2D eigenvalue weighted by Crippen LogP contribution is -2.56. The van der Waals surface area contributed by atoms with Gasteiger partial charge in [-0.1, -0.05) is 32.6 Å². The van der Waals surface area contributed by atoms with Gasteiger partial charge in [-0.05, 0) is 38.1 Å². The molecule has 6 heteroatoms. The van der Waals surface area contributed by atoms with Crippen molar-refractivity contribution >= 4 is 12.0 Å². The molecular formula is C17H31N3O3. The van der Waals surface area contributed by atoms with Gasteiger partial charge in [-0.2, -0.15) is 0 Å². The summed E-state index contributed by atoms with van der Waals surface area (Å²) >= 11 is 0. The van der Waals surface area contributed by atoms with E-state index in [2.05, 4.69) is 10.6 Å². The van der Waals surface area contributed by atoms with E-state index in [1.54, 1.807) is 0 Å². The molecule has 2 amide bonds. The maximum atomic E-state index is 12.0. The number of hydrogen-bond acceptors (Lipinski definition) is 3. The monoisotopic (exact) mass is 325 g/mol. The largest absolute Gasteiger partial charge is 0.480 e. The standard InChI is InChI=1S/C17H31N3O3/c1-2-20(12-16(21)22)15-9-14(10-15)19-17(23)18-11-13-7-5-3-4-6-8-13/h13-15H,2-12H2,1H3,(H,21,22)(H2,18,19,23). The number of rotatable bonds is 7. The van der Waals surface area contributed by atoms with E-state index >= 15 is 0 Å². The first-order valence-corrected chi connectivity index (χ1v) is 9.08. The first kappa shape index (κ1) is 18.0. The predicted molar refractivity (Wildman–Crippen MR) is 89.4 cm³/mol. The van der Waals surface area contributed by atoms with Crippen LogP contribution in [0.3, 0.4) is 0 Å². The minimum atomic E-state index is -0.788. The zero-order chi connectivity index (χ0) is 16.7. The Balaban J connectivity index is 1.60. The average molecular weight is 325 g/mol. The quantitative estimate of drug-likeness (QED) is 0.627. The molecule has 2 fully saturated rings. The van der Waals surface area contributed by atoms with E-state index in [4.69, 9.17) is 5.11 Å². The van der Waals surface area contributed by atoms with Gasteiger partial charge in [0.2, 0.25) is 0 Å². The van der Waals surface area contributed by atoms with Gasteiger partial charge >= 0.3 is 12.0 Å². The molecule has 2 rings (SSSR count). The molecule has 2 saturated carbocycles. The fourth-order valence-electron chi connectivity index (χ4n) is 3.72. The highest BCUT2D eigenvalue weighted by Gasteiger charge is 2.34. The minimum absolute atomic E-state index is 0.0704. The van der Waals surface area contributed by atoms with Gasteiger partial charge < -0.3 is 15.7 Å². The van der Waals surface area contributed by atoms with Crippen molar-refractivity contribution in [3.63, 3.8) is 0 Å². The van der Waals surface area contributed by atoms with Crippen LogP contribution in [0.4, 0.5) is 4.79 Å². The topological polar surface area (TPSA) is 81.7 Å².